The summed E-state index contributed by atoms with van der Waals surface area (Å²) in [5.41, 5.74) is -0.940. The van der Waals surface area contributed by atoms with Crippen LogP contribution in [-0.4, -0.2) is 129 Å². The first-order valence-corrected chi connectivity index (χ1v) is 17.8. The fraction of sp³-hybridized carbons (Fsp3) is 0.389. The van der Waals surface area contributed by atoms with Crippen molar-refractivity contribution in [2.75, 3.05) is 65.7 Å². The van der Waals surface area contributed by atoms with Crippen molar-refractivity contribution in [3.8, 4) is 17.1 Å². The summed E-state index contributed by atoms with van der Waals surface area (Å²) in [4.78, 5) is 71.5. The first kappa shape index (κ1) is 41.3. The lowest BCUT2D eigenvalue weighted by molar-refractivity contribution is -0.895. The molecule has 298 valence electrons. The van der Waals surface area contributed by atoms with Gasteiger partial charge in [0.15, 0.2) is 17.3 Å². The van der Waals surface area contributed by atoms with Gasteiger partial charge in [0.25, 0.3) is 17.7 Å². The molecule has 4 amide bonds. The van der Waals surface area contributed by atoms with Crippen LogP contribution in [-0.2, 0) is 22.8 Å². The average molecular weight is 801 g/mol. The van der Waals surface area contributed by atoms with Gasteiger partial charge < -0.3 is 39.4 Å². The number of benzene rings is 1. The van der Waals surface area contributed by atoms with E-state index in [1.165, 1.54) is 55.2 Å². The number of nitrogens with one attached hydrogen (secondary N) is 2. The van der Waals surface area contributed by atoms with Crippen LogP contribution in [0.1, 0.15) is 49.9 Å². The van der Waals surface area contributed by atoms with Crippen LogP contribution in [0.2, 0.25) is 5.02 Å². The number of piperidine rings is 1. The number of aromatic nitrogens is 5. The monoisotopic (exact) mass is 800 g/mol. The number of pyridine rings is 1. The van der Waals surface area contributed by atoms with Crippen molar-refractivity contribution < 1.29 is 46.7 Å². The van der Waals surface area contributed by atoms with Crippen molar-refractivity contribution in [1.29, 1.82) is 0 Å². The maximum absolute atomic E-state index is 14.1. The number of hydrogen-bond acceptors (Lipinski definition) is 9. The number of carbonyl (C=O) groups excluding carboxylic acids is 5. The Labute approximate surface area is 324 Å². The molecule has 6 rings (SSSR count). The Bertz CT molecular complexity index is 2100. The maximum atomic E-state index is 14.1. The summed E-state index contributed by atoms with van der Waals surface area (Å²) in [6, 6.07) is 7.16. The molecule has 0 unspecified atom stereocenters. The molecule has 2 N–H and O–H groups in total. The van der Waals surface area contributed by atoms with E-state index in [9.17, 15) is 32.3 Å². The number of nitrogens with zero attached hydrogens (tertiary/aromatic N) is 8. The summed E-state index contributed by atoms with van der Waals surface area (Å²) in [5, 5.41) is 17.1. The number of piperazine rings is 1. The quantitative estimate of drug-likeness (QED) is 0.209. The van der Waals surface area contributed by atoms with Gasteiger partial charge in [0.1, 0.15) is 0 Å². The molecule has 0 radical (unpaired) electrons. The van der Waals surface area contributed by atoms with E-state index in [0.29, 0.717) is 26.2 Å². The number of likely N-dealkylation sites (tertiary alicyclic amines) is 1. The van der Waals surface area contributed by atoms with Gasteiger partial charge in [-0.1, -0.05) is 11.6 Å². The molecule has 0 spiro atoms. The predicted octanol–water partition coefficient (Wildman–Crippen LogP) is 2.09. The first-order valence-electron chi connectivity index (χ1n) is 17.4. The lowest BCUT2D eigenvalue weighted by Crippen LogP contribution is -2.54. The minimum atomic E-state index is -4.86. The summed E-state index contributed by atoms with van der Waals surface area (Å²) in [6.45, 7) is 3.02. The first-order chi connectivity index (χ1) is 26.5. The predicted molar refractivity (Wildman–Crippen MR) is 194 cm³/mol. The Kier molecular flexibility index (Phi) is 12.5. The molecular formula is C36H40ClF3N10O6. The van der Waals surface area contributed by atoms with E-state index in [-0.39, 0.29) is 62.5 Å². The molecule has 0 saturated carbocycles. The van der Waals surface area contributed by atoms with E-state index in [0.717, 1.165) is 47.5 Å². The molecule has 2 saturated heterocycles. The topological polar surface area (TPSA) is 187 Å². The molecule has 5 heterocycles. The zero-order chi connectivity index (χ0) is 40.9. The summed E-state index contributed by atoms with van der Waals surface area (Å²) < 4.78 is 45.5. The van der Waals surface area contributed by atoms with E-state index in [2.05, 4.69) is 39.8 Å². The van der Waals surface area contributed by atoms with Crippen LogP contribution in [0.15, 0.2) is 48.9 Å². The van der Waals surface area contributed by atoms with Crippen LogP contribution < -0.4 is 15.7 Å². The third-order valence-electron chi connectivity index (χ3n) is 9.77. The van der Waals surface area contributed by atoms with Crippen molar-refractivity contribution in [2.45, 2.75) is 19.0 Å². The van der Waals surface area contributed by atoms with E-state index < -0.39 is 30.2 Å². The molecule has 16 nitrogen and oxygen atoms in total. The van der Waals surface area contributed by atoms with Gasteiger partial charge >= 0.3 is 6.18 Å². The number of amides is 4. The summed E-state index contributed by atoms with van der Waals surface area (Å²) in [6.07, 6.45) is 0.311. The Morgan fingerprint density at radius 1 is 0.964 bits per heavy atom. The largest absolute Gasteiger partial charge is 0.554 e. The zero-order valence-corrected chi connectivity index (χ0v) is 31.7. The van der Waals surface area contributed by atoms with Crippen molar-refractivity contribution in [1.82, 2.24) is 39.4 Å². The standard InChI is InChI=1S/C35H38ClF3N10O4.CH2O2/c1-40-31(50)22-5-8-28(41-18-22)48-20-25(29(44-48)35(37,38)39)27-19-42-30(45(27)2)32(51)43-23-6-7-24(26(36)17-23)34(53)47-13-11-46(12-14-47)33(52)21-9-15-49(3,4)16-10-21;2-1-3/h5-8,17-21H,9-16H2,1-4H3,(H-,40,43,50,51,53);1H,(H,2,3). The molecule has 2 aliphatic rings. The van der Waals surface area contributed by atoms with Crippen molar-refractivity contribution >= 4 is 47.4 Å². The fourth-order valence-corrected chi connectivity index (χ4v) is 6.85. The van der Waals surface area contributed by atoms with Gasteiger partial charge in [0.2, 0.25) is 5.91 Å². The molecular weight excluding hydrogens is 761 g/mol. The molecule has 2 aliphatic heterocycles. The van der Waals surface area contributed by atoms with Gasteiger partial charge in [-0.3, -0.25) is 19.2 Å². The van der Waals surface area contributed by atoms with Crippen molar-refractivity contribution in [3.63, 3.8) is 0 Å². The van der Waals surface area contributed by atoms with E-state index in [1.807, 2.05) is 4.90 Å². The van der Waals surface area contributed by atoms with Crippen LogP contribution in [0.3, 0.4) is 0 Å². The highest BCUT2D eigenvalue weighted by Gasteiger charge is 2.39. The van der Waals surface area contributed by atoms with Gasteiger partial charge in [-0.2, -0.15) is 18.3 Å². The third-order valence-corrected chi connectivity index (χ3v) is 10.1. The molecule has 2 fully saturated rings. The van der Waals surface area contributed by atoms with E-state index in [1.54, 1.807) is 4.90 Å². The molecule has 0 aliphatic carbocycles. The molecule has 3 aromatic heterocycles. The highest BCUT2D eigenvalue weighted by Crippen LogP contribution is 2.37. The Hall–Kier alpha value is -5.82. The SMILES string of the molecule is CNC(=O)c1ccc(-n2cc(-c3cnc(C(=O)Nc4ccc(C(=O)N5CCN(C(=O)C6CC[N+](C)(C)CC6)CC5)c(Cl)c4)n3C)c(C(F)(F)F)n2)nc1.O=C[O-]. The van der Waals surface area contributed by atoms with E-state index >= 15 is 0 Å². The van der Waals surface area contributed by atoms with Crippen LogP contribution in [0.5, 0.6) is 0 Å². The number of carbonyl (C=O) groups is 5. The van der Waals surface area contributed by atoms with Crippen LogP contribution in [0.4, 0.5) is 18.9 Å². The molecule has 4 aromatic rings. The number of anilines is 1. The molecule has 20 heteroatoms. The third kappa shape index (κ3) is 9.16. The van der Waals surface area contributed by atoms with Gasteiger partial charge in [0, 0.05) is 83.6 Å². The van der Waals surface area contributed by atoms with Crippen LogP contribution >= 0.6 is 11.6 Å². The van der Waals surface area contributed by atoms with Crippen LogP contribution in [0.25, 0.3) is 17.1 Å². The van der Waals surface area contributed by atoms with Crippen LogP contribution in [0, 0.1) is 5.92 Å². The second kappa shape index (κ2) is 16.9. The Morgan fingerprint density at radius 2 is 1.61 bits per heavy atom. The minimum absolute atomic E-state index is 0.0127. The number of halogens is 4. The summed E-state index contributed by atoms with van der Waals surface area (Å²) in [5.74, 6) is -1.46. The lowest BCUT2D eigenvalue weighted by atomic mass is 9.94. The number of quaternary nitrogens is 1. The highest BCUT2D eigenvalue weighted by atomic mass is 35.5. The number of rotatable bonds is 7. The number of imidazole rings is 1. The second-order valence-corrected chi connectivity index (χ2v) is 14.3. The smallest absolute Gasteiger partial charge is 0.435 e. The van der Waals surface area contributed by atoms with Gasteiger partial charge in [-0.15, -0.1) is 0 Å². The highest BCUT2D eigenvalue weighted by molar-refractivity contribution is 6.34. The Morgan fingerprint density at radius 3 is 2.18 bits per heavy atom. The molecule has 56 heavy (non-hydrogen) atoms. The number of alkyl halides is 3. The summed E-state index contributed by atoms with van der Waals surface area (Å²) >= 11 is 6.51. The fourth-order valence-electron chi connectivity index (χ4n) is 6.58. The molecule has 0 bridgehead atoms. The van der Waals surface area contributed by atoms with Gasteiger partial charge in [0.05, 0.1) is 60.8 Å². The van der Waals surface area contributed by atoms with Crippen molar-refractivity contribution in [2.24, 2.45) is 13.0 Å². The minimum Gasteiger partial charge on any atom is -0.554 e. The molecule has 0 atom stereocenters. The number of hydrogen-bond donors (Lipinski definition) is 2. The Balaban J connectivity index is 0.00000194. The number of carboxylic acid groups (broad SMARTS) is 1. The normalized spacial score (nSPS) is 15.7. The summed E-state index contributed by atoms with van der Waals surface area (Å²) in [7, 11) is 7.17. The average Bonchev–Trinajstić information content (AvgIpc) is 3.79. The maximum Gasteiger partial charge on any atom is 0.435 e. The molecule has 1 aromatic carbocycles. The van der Waals surface area contributed by atoms with Crippen molar-refractivity contribution in [3.05, 3.63) is 76.6 Å². The lowest BCUT2D eigenvalue weighted by Gasteiger charge is -2.40. The van der Waals surface area contributed by atoms with Gasteiger partial charge in [-0.05, 0) is 30.3 Å². The zero-order valence-electron chi connectivity index (χ0n) is 31.0. The van der Waals surface area contributed by atoms with Gasteiger partial charge in [-0.25, -0.2) is 14.6 Å². The van der Waals surface area contributed by atoms with E-state index in [4.69, 9.17) is 21.5 Å². The second-order valence-electron chi connectivity index (χ2n) is 13.9.